The first-order valence-electron chi connectivity index (χ1n) is 6.56. The van der Waals surface area contributed by atoms with Crippen molar-refractivity contribution < 1.29 is 9.53 Å². The molecule has 0 aliphatic carbocycles. The number of halogens is 2. The Hall–Kier alpha value is -0.970. The lowest BCUT2D eigenvalue weighted by Gasteiger charge is -2.09. The van der Waals surface area contributed by atoms with Crippen molar-refractivity contribution in [3.05, 3.63) is 28.2 Å². The van der Waals surface area contributed by atoms with Gasteiger partial charge < -0.3 is 15.4 Å². The highest BCUT2D eigenvalue weighted by atomic mass is 35.5. The molecule has 1 aromatic rings. The van der Waals surface area contributed by atoms with Gasteiger partial charge in [-0.05, 0) is 30.5 Å². The average molecular weight is 319 g/mol. The largest absolute Gasteiger partial charge is 0.381 e. The number of ether oxygens (including phenoxy) is 1. The second-order valence-electron chi connectivity index (χ2n) is 4.86. The first-order chi connectivity index (χ1) is 9.47. The summed E-state index contributed by atoms with van der Waals surface area (Å²) in [5.41, 5.74) is 0.566. The summed E-state index contributed by atoms with van der Waals surface area (Å²) in [6.07, 6.45) is 0.774. The molecule has 0 radical (unpaired) electrons. The van der Waals surface area contributed by atoms with Crippen LogP contribution in [0, 0.1) is 5.92 Å². The van der Waals surface area contributed by atoms with Crippen LogP contribution < -0.4 is 10.6 Å². The molecule has 0 saturated carbocycles. The molecule has 0 aliphatic rings. The number of benzene rings is 1. The Bertz CT molecular complexity index is 419. The molecule has 4 nitrogen and oxygen atoms in total. The highest BCUT2D eigenvalue weighted by molar-refractivity contribution is 6.35. The van der Waals surface area contributed by atoms with Gasteiger partial charge in [-0.2, -0.15) is 0 Å². The van der Waals surface area contributed by atoms with Crippen LogP contribution in [0.2, 0.25) is 10.0 Å². The molecule has 0 unspecified atom stereocenters. The van der Waals surface area contributed by atoms with Crippen molar-refractivity contribution in [3.8, 4) is 0 Å². The first kappa shape index (κ1) is 17.1. The molecule has 2 N–H and O–H groups in total. The highest BCUT2D eigenvalue weighted by Gasteiger charge is 2.03. The number of hydrogen-bond acceptors (Lipinski definition) is 2. The van der Waals surface area contributed by atoms with Crippen molar-refractivity contribution >= 4 is 34.9 Å². The van der Waals surface area contributed by atoms with Crippen LogP contribution in [0.4, 0.5) is 10.5 Å². The third kappa shape index (κ3) is 7.58. The topological polar surface area (TPSA) is 50.4 Å². The van der Waals surface area contributed by atoms with Gasteiger partial charge in [0.25, 0.3) is 0 Å². The fourth-order valence-electron chi connectivity index (χ4n) is 1.50. The molecule has 0 aromatic heterocycles. The van der Waals surface area contributed by atoms with Crippen molar-refractivity contribution in [1.82, 2.24) is 5.32 Å². The minimum absolute atomic E-state index is 0.285. The zero-order chi connectivity index (χ0) is 15.0. The van der Waals surface area contributed by atoms with Gasteiger partial charge in [0.15, 0.2) is 0 Å². The summed E-state index contributed by atoms with van der Waals surface area (Å²) in [7, 11) is 0. The predicted molar refractivity (Wildman–Crippen MR) is 83.8 cm³/mol. The van der Waals surface area contributed by atoms with E-state index in [1.54, 1.807) is 18.2 Å². The van der Waals surface area contributed by atoms with Gasteiger partial charge in [-0.25, -0.2) is 4.79 Å². The van der Waals surface area contributed by atoms with Gasteiger partial charge in [-0.3, -0.25) is 0 Å². The molecule has 0 bridgehead atoms. The van der Waals surface area contributed by atoms with E-state index in [0.717, 1.165) is 13.0 Å². The van der Waals surface area contributed by atoms with Crippen LogP contribution in [0.25, 0.3) is 0 Å². The first-order valence-corrected chi connectivity index (χ1v) is 7.31. The number of hydrogen-bond donors (Lipinski definition) is 2. The normalized spacial score (nSPS) is 10.7. The van der Waals surface area contributed by atoms with Gasteiger partial charge in [0.05, 0.1) is 0 Å². The molecular formula is C14H20Cl2N2O2. The van der Waals surface area contributed by atoms with Crippen LogP contribution in [0.1, 0.15) is 20.3 Å². The van der Waals surface area contributed by atoms with Gasteiger partial charge in [0, 0.05) is 35.5 Å². The third-order valence-corrected chi connectivity index (χ3v) is 2.76. The number of carbonyl (C=O) groups excluding carboxylic acids is 1. The Labute approximate surface area is 129 Å². The van der Waals surface area contributed by atoms with Crippen LogP contribution in [-0.4, -0.2) is 25.8 Å². The van der Waals surface area contributed by atoms with Crippen molar-refractivity contribution in [1.29, 1.82) is 0 Å². The van der Waals surface area contributed by atoms with Gasteiger partial charge in [0.2, 0.25) is 0 Å². The second kappa shape index (κ2) is 9.06. The lowest BCUT2D eigenvalue weighted by Crippen LogP contribution is -2.30. The Morgan fingerprint density at radius 3 is 2.50 bits per heavy atom. The number of rotatable bonds is 7. The van der Waals surface area contributed by atoms with E-state index >= 15 is 0 Å². The predicted octanol–water partition coefficient (Wildman–Crippen LogP) is 4.18. The van der Waals surface area contributed by atoms with Gasteiger partial charge >= 0.3 is 6.03 Å². The van der Waals surface area contributed by atoms with Crippen molar-refractivity contribution in [2.75, 3.05) is 25.1 Å². The van der Waals surface area contributed by atoms with Gasteiger partial charge in [-0.15, -0.1) is 0 Å². The highest BCUT2D eigenvalue weighted by Crippen LogP contribution is 2.22. The molecule has 0 fully saturated rings. The lowest BCUT2D eigenvalue weighted by atomic mass is 10.2. The van der Waals surface area contributed by atoms with E-state index in [1.165, 1.54) is 0 Å². The number of carbonyl (C=O) groups is 1. The number of anilines is 1. The SMILES string of the molecule is CC(C)COCCCNC(=O)Nc1cc(Cl)cc(Cl)c1. The Morgan fingerprint density at radius 1 is 1.25 bits per heavy atom. The summed E-state index contributed by atoms with van der Waals surface area (Å²) >= 11 is 11.7. The molecule has 2 amide bonds. The Balaban J connectivity index is 2.20. The Kier molecular flexibility index (Phi) is 7.73. The summed E-state index contributed by atoms with van der Waals surface area (Å²) in [6, 6.07) is 4.60. The van der Waals surface area contributed by atoms with Crippen LogP contribution in [-0.2, 0) is 4.74 Å². The minimum Gasteiger partial charge on any atom is -0.381 e. The monoisotopic (exact) mass is 318 g/mol. The van der Waals surface area contributed by atoms with Crippen LogP contribution >= 0.6 is 23.2 Å². The fraction of sp³-hybridized carbons (Fsp3) is 0.500. The summed E-state index contributed by atoms with van der Waals surface area (Å²) in [6.45, 7) is 6.14. The maximum atomic E-state index is 11.6. The number of amides is 2. The third-order valence-electron chi connectivity index (χ3n) is 2.32. The summed E-state index contributed by atoms with van der Waals surface area (Å²) in [5, 5.41) is 6.38. The number of urea groups is 1. The maximum absolute atomic E-state index is 11.6. The molecule has 0 heterocycles. The van der Waals surface area contributed by atoms with E-state index < -0.39 is 0 Å². The molecule has 0 saturated heterocycles. The van der Waals surface area contributed by atoms with E-state index in [2.05, 4.69) is 24.5 Å². The fourth-order valence-corrected chi connectivity index (χ4v) is 2.02. The number of nitrogens with one attached hydrogen (secondary N) is 2. The van der Waals surface area contributed by atoms with E-state index in [-0.39, 0.29) is 6.03 Å². The van der Waals surface area contributed by atoms with Crippen molar-refractivity contribution in [3.63, 3.8) is 0 Å². The van der Waals surface area contributed by atoms with Crippen LogP contribution in [0.5, 0.6) is 0 Å². The summed E-state index contributed by atoms with van der Waals surface area (Å²) in [4.78, 5) is 11.6. The molecular weight excluding hydrogens is 299 g/mol. The molecule has 1 aromatic carbocycles. The summed E-state index contributed by atoms with van der Waals surface area (Å²) < 4.78 is 5.42. The van der Waals surface area contributed by atoms with E-state index in [4.69, 9.17) is 27.9 Å². The van der Waals surface area contributed by atoms with Crippen molar-refractivity contribution in [2.45, 2.75) is 20.3 Å². The zero-order valence-corrected chi connectivity index (χ0v) is 13.2. The molecule has 1 rings (SSSR count). The lowest BCUT2D eigenvalue weighted by molar-refractivity contribution is 0.108. The minimum atomic E-state index is -0.285. The Morgan fingerprint density at radius 2 is 1.90 bits per heavy atom. The molecule has 6 heteroatoms. The molecule has 0 atom stereocenters. The molecule has 0 aliphatic heterocycles. The van der Waals surface area contributed by atoms with Gasteiger partial charge in [0.1, 0.15) is 0 Å². The summed E-state index contributed by atoms with van der Waals surface area (Å²) in [5.74, 6) is 0.527. The van der Waals surface area contributed by atoms with Gasteiger partial charge in [-0.1, -0.05) is 37.0 Å². The molecule has 20 heavy (non-hydrogen) atoms. The standard InChI is InChI=1S/C14H20Cl2N2O2/c1-10(2)9-20-5-3-4-17-14(19)18-13-7-11(15)6-12(16)8-13/h6-8,10H,3-5,9H2,1-2H3,(H2,17,18,19). The van der Waals surface area contributed by atoms with Crippen molar-refractivity contribution in [2.24, 2.45) is 5.92 Å². The second-order valence-corrected chi connectivity index (χ2v) is 5.73. The van der Waals surface area contributed by atoms with E-state index in [9.17, 15) is 4.79 Å². The van der Waals surface area contributed by atoms with E-state index in [0.29, 0.717) is 34.8 Å². The van der Waals surface area contributed by atoms with Crippen LogP contribution in [0.3, 0.4) is 0 Å². The molecule has 0 spiro atoms. The maximum Gasteiger partial charge on any atom is 0.319 e. The smallest absolute Gasteiger partial charge is 0.319 e. The zero-order valence-electron chi connectivity index (χ0n) is 11.7. The average Bonchev–Trinajstić information content (AvgIpc) is 2.31. The van der Waals surface area contributed by atoms with Crippen LogP contribution in [0.15, 0.2) is 18.2 Å². The quantitative estimate of drug-likeness (QED) is 0.741. The molecule has 112 valence electrons. The van der Waals surface area contributed by atoms with E-state index in [1.807, 2.05) is 0 Å².